The summed E-state index contributed by atoms with van der Waals surface area (Å²) in [5.74, 6) is -8.37. The Morgan fingerprint density at radius 3 is 1.07 bits per heavy atom. The number of nitrogens with zero attached hydrogens (tertiary/aromatic N) is 8. The van der Waals surface area contributed by atoms with Gasteiger partial charge in [-0.15, -0.1) is 0 Å². The topological polar surface area (TPSA) is 250 Å². The molecular weight excluding hydrogens is 1560 g/mol. The number of benzene rings is 6. The molecule has 0 aliphatic carbocycles. The zero-order valence-electron chi connectivity index (χ0n) is 67.3. The van der Waals surface area contributed by atoms with Gasteiger partial charge in [0.1, 0.15) is 45.4 Å². The maximum absolute atomic E-state index is 14.1. The highest BCUT2D eigenvalue weighted by Gasteiger charge is 2.39. The van der Waals surface area contributed by atoms with Gasteiger partial charge in [0.15, 0.2) is 58.4 Å². The lowest BCUT2D eigenvalue weighted by molar-refractivity contribution is 0.0278. The van der Waals surface area contributed by atoms with Gasteiger partial charge in [0.25, 0.3) is 5.91 Å². The lowest BCUT2D eigenvalue weighted by Crippen LogP contribution is -2.41. The number of aromatic nitrogens is 3. The highest BCUT2D eigenvalue weighted by Crippen LogP contribution is 2.44. The minimum Gasteiger partial charge on any atom is -0.478 e. The molecule has 6 aromatic carbocycles. The van der Waals surface area contributed by atoms with Crippen LogP contribution >= 0.6 is 0 Å². The quantitative estimate of drug-likeness (QED) is 0.0215. The average molecular weight is 1660 g/mol. The van der Waals surface area contributed by atoms with Crippen LogP contribution in [0, 0.1) is 48.0 Å². The number of aromatic carboxylic acids is 1. The number of halogens is 6. The fourth-order valence-corrected chi connectivity index (χ4v) is 13.3. The molecule has 31 heteroatoms. The first-order chi connectivity index (χ1) is 55.2. The maximum Gasteiger partial charge on any atom is 0.410 e. The summed E-state index contributed by atoms with van der Waals surface area (Å²) in [6.45, 7) is 41.0. The van der Waals surface area contributed by atoms with Crippen LogP contribution in [0.15, 0.2) is 146 Å². The van der Waals surface area contributed by atoms with E-state index in [0.29, 0.717) is 91.7 Å². The molecular formula is C89H97BF6N9O15. The van der Waals surface area contributed by atoms with Gasteiger partial charge in [-0.1, -0.05) is 69.5 Å². The molecule has 633 valence electrons. The molecule has 0 saturated carbocycles. The zero-order valence-corrected chi connectivity index (χ0v) is 67.3. The molecule has 3 aliphatic heterocycles. The average Bonchev–Trinajstić information content (AvgIpc) is 1.62. The van der Waals surface area contributed by atoms with Crippen LogP contribution in [0.1, 0.15) is 184 Å². The highest BCUT2D eigenvalue weighted by molar-refractivity contribution is 6.07. The van der Waals surface area contributed by atoms with Crippen LogP contribution in [0.25, 0.3) is 43.1 Å². The summed E-state index contributed by atoms with van der Waals surface area (Å²) in [6, 6.07) is 28.2. The first-order valence-corrected chi connectivity index (χ1v) is 37.5. The number of carboxylic acid groups (broad SMARTS) is 1. The van der Waals surface area contributed by atoms with Gasteiger partial charge in [-0.3, -0.25) is 9.59 Å². The third kappa shape index (κ3) is 22.9. The molecule has 4 amide bonds. The molecule has 12 rings (SSSR count). The highest BCUT2D eigenvalue weighted by atomic mass is 19.2. The van der Waals surface area contributed by atoms with Gasteiger partial charge in [-0.2, -0.15) is 0 Å². The first-order valence-electron chi connectivity index (χ1n) is 37.5. The number of carbonyl (C=O) groups is 7. The number of aldehydes is 1. The number of nitrogens with one attached hydrogen (secondary N) is 1. The second-order valence-corrected chi connectivity index (χ2v) is 31.7. The van der Waals surface area contributed by atoms with Crippen molar-refractivity contribution in [2.75, 3.05) is 45.9 Å². The molecule has 2 N–H and O–H groups in total. The van der Waals surface area contributed by atoms with Crippen molar-refractivity contribution in [3.63, 3.8) is 0 Å². The summed E-state index contributed by atoms with van der Waals surface area (Å²) in [6.07, 6.45) is 5.93. The van der Waals surface area contributed by atoms with E-state index in [4.69, 9.17) is 46.3 Å². The Balaban J connectivity index is 0.000000245. The lowest BCUT2D eigenvalue weighted by Gasteiger charge is -2.24. The molecule has 3 aromatic heterocycles. The smallest absolute Gasteiger partial charge is 0.410 e. The molecule has 3 radical (unpaired) electrons. The Morgan fingerprint density at radius 2 is 0.775 bits per heavy atom. The predicted octanol–water partition coefficient (Wildman–Crippen LogP) is 21.4. The van der Waals surface area contributed by atoms with Gasteiger partial charge < -0.3 is 72.0 Å². The summed E-state index contributed by atoms with van der Waals surface area (Å²) < 4.78 is 127. The van der Waals surface area contributed by atoms with Gasteiger partial charge in [0.2, 0.25) is 11.4 Å². The van der Waals surface area contributed by atoms with Gasteiger partial charge in [-0.25, -0.2) is 60.0 Å². The monoisotopic (exact) mass is 1660 g/mol. The Hall–Kier alpha value is -12.9. The molecule has 3 atom stereocenters. The Bertz CT molecular complexity index is 5240. The number of amides is 4. The molecule has 120 heavy (non-hydrogen) atoms. The van der Waals surface area contributed by atoms with Crippen molar-refractivity contribution in [2.24, 2.45) is 0 Å². The number of carbonyl (C=O) groups excluding carboxylic acids is 6. The second kappa shape index (κ2) is 39.1. The van der Waals surface area contributed by atoms with E-state index < -0.39 is 111 Å². The largest absolute Gasteiger partial charge is 0.478 e. The van der Waals surface area contributed by atoms with E-state index in [1.54, 1.807) is 143 Å². The maximum atomic E-state index is 14.1. The van der Waals surface area contributed by atoms with Crippen molar-refractivity contribution in [3.8, 4) is 67.9 Å². The summed E-state index contributed by atoms with van der Waals surface area (Å²) in [7, 11) is 0. The van der Waals surface area contributed by atoms with Gasteiger partial charge >= 0.3 is 30.2 Å². The summed E-state index contributed by atoms with van der Waals surface area (Å²) in [4.78, 5) is 101. The van der Waals surface area contributed by atoms with E-state index in [1.807, 2.05) is 20.8 Å². The summed E-state index contributed by atoms with van der Waals surface area (Å²) in [5.41, 5.74) is 0.924. The van der Waals surface area contributed by atoms with Crippen LogP contribution in [0.2, 0.25) is 0 Å². The number of esters is 1. The van der Waals surface area contributed by atoms with Gasteiger partial charge in [-0.05, 0) is 199 Å². The molecule has 24 nitrogen and oxygen atoms in total. The predicted molar refractivity (Wildman–Crippen MR) is 441 cm³/mol. The van der Waals surface area contributed by atoms with E-state index >= 15 is 0 Å². The molecule has 6 heterocycles. The number of rotatable bonds is 17. The van der Waals surface area contributed by atoms with Crippen LogP contribution in [-0.2, 0) is 18.9 Å². The van der Waals surface area contributed by atoms with Crippen molar-refractivity contribution in [1.29, 1.82) is 0 Å². The minimum absolute atomic E-state index is 0. The van der Waals surface area contributed by atoms with Crippen molar-refractivity contribution in [3.05, 3.63) is 226 Å². The molecule has 3 fully saturated rings. The van der Waals surface area contributed by atoms with E-state index in [-0.39, 0.29) is 106 Å². The Labute approximate surface area is 695 Å². The van der Waals surface area contributed by atoms with Crippen LogP contribution < -0.4 is 19.5 Å². The third-order valence-electron chi connectivity index (χ3n) is 18.3. The summed E-state index contributed by atoms with van der Waals surface area (Å²) in [5, 5.41) is 12.9. The van der Waals surface area contributed by atoms with E-state index in [2.05, 4.69) is 15.0 Å². The number of ether oxygens (including phenoxy) is 7. The van der Waals surface area contributed by atoms with Crippen LogP contribution in [-0.4, -0.2) is 153 Å². The fourth-order valence-electron chi connectivity index (χ4n) is 13.3. The molecule has 3 saturated heterocycles. The number of carboxylic acids is 1. The van der Waals surface area contributed by atoms with Crippen LogP contribution in [0.5, 0.6) is 34.5 Å². The zero-order chi connectivity index (χ0) is 85.3. The van der Waals surface area contributed by atoms with Crippen LogP contribution in [0.4, 0.5) is 52.1 Å². The fraction of sp³-hybridized carbons (Fsp3) is 0.360. The Morgan fingerprint density at radius 1 is 0.475 bits per heavy atom. The lowest BCUT2D eigenvalue weighted by atomic mass is 10.0. The van der Waals surface area contributed by atoms with Gasteiger partial charge in [0.05, 0.1) is 49.1 Å². The van der Waals surface area contributed by atoms with E-state index in [0.717, 1.165) is 36.4 Å². The molecule has 0 bridgehead atoms. The third-order valence-corrected chi connectivity index (χ3v) is 18.3. The molecule has 0 unspecified atom stereocenters. The second-order valence-electron chi connectivity index (χ2n) is 31.7. The first kappa shape index (κ1) is 94.2. The normalized spacial score (nSPS) is 14.9. The molecule has 9 aromatic rings. The van der Waals surface area contributed by atoms with Crippen molar-refractivity contribution in [1.82, 2.24) is 33.7 Å². The number of hydrogen-bond acceptors (Lipinski definition) is 14. The number of hydrogen-bond donors (Lipinski definition) is 2. The standard InChI is InChI=1S/C31H35F2N3O5.C29H29F2N3O5.C27H25F2N3O5.2CH4.B/c1-30(2,3)34-28(38)26-22(19-10-12-21(13-11-19)40-27-23(32)8-7-9-24(27)33)17-36(25(26)18-37)20-14-15-35(16-20)29(39)41-31(4,5)6;1-6-37-27(35)25-24(32-5)21(17-34(25)19-14-15-33(16-19)28(36)39-29(2,3)4)18-10-12-20(13-11-18)38-26-22(30)8-7-9-23(26)31;1-27(2,3)37-26(35)31-13-12-17(14-31)32-15-19(22(30-4)23(32)25(33)34)16-8-10-18(11-9-16)36-24-20(28)6-5-7-21(24)29;;;/h7-13,17-18,20H,14-16H2,1-6H3,(H,34,38);7-13,17,19H,6,14-16H2,1-4H3;5-11,15,17H,12-14H2,1-3H3,(H,33,34);2*1H4;/t20-;19-;17-;;;/m111.../s1. The van der Waals surface area contributed by atoms with Crippen molar-refractivity contribution < 1.29 is 98.2 Å². The van der Waals surface area contributed by atoms with Gasteiger partial charge in [0, 0.05) is 88.5 Å². The SMILES string of the molecule is C.C.CC(C)(C)NC(=O)c1c(-c2ccc(Oc3c(F)cccc3F)cc2)cn([C@@H]2CCN(C(=O)OC(C)(C)C)C2)c1C=O.[B].[C-]#[N+]c1c(-c2ccc(Oc3c(F)cccc3F)cc2)cn([C@@H]2CCN(C(=O)OC(C)(C)C)C2)c1C(=O)O.[C-]#[N+]c1c(-c2ccc(Oc3c(F)cccc3F)cc2)cn([C@@H]2CCN(C(=O)OC(C)(C)C)C2)c1C(=O)OCC. The molecule has 3 aliphatic rings. The Kier molecular flexibility index (Phi) is 30.7. The number of para-hydroxylation sites is 3. The summed E-state index contributed by atoms with van der Waals surface area (Å²) >= 11 is 0. The van der Waals surface area contributed by atoms with Crippen molar-refractivity contribution >= 4 is 62.2 Å². The number of likely N-dealkylation sites (tertiary alicyclic amines) is 3. The van der Waals surface area contributed by atoms with E-state index in [1.165, 1.54) is 64.1 Å². The van der Waals surface area contributed by atoms with Crippen LogP contribution in [0.3, 0.4) is 0 Å². The minimum atomic E-state index is -1.26. The molecule has 0 spiro atoms. The van der Waals surface area contributed by atoms with E-state index in [9.17, 15) is 65.0 Å². The van der Waals surface area contributed by atoms with Crippen molar-refractivity contribution in [2.45, 2.75) is 165 Å².